The molecule has 1 aliphatic heterocycles. The summed E-state index contributed by atoms with van der Waals surface area (Å²) in [6.45, 7) is 6.48. The van der Waals surface area contributed by atoms with Gasteiger partial charge in [0.25, 0.3) is 0 Å². The summed E-state index contributed by atoms with van der Waals surface area (Å²) in [6.07, 6.45) is -0.563. The number of aliphatic carboxylic acids is 1. The van der Waals surface area contributed by atoms with Crippen molar-refractivity contribution in [3.05, 3.63) is 0 Å². The molecule has 8 heteroatoms. The Morgan fingerprint density at radius 1 is 1.27 bits per heavy atom. The van der Waals surface area contributed by atoms with Gasteiger partial charge in [0.05, 0.1) is 5.92 Å². The number of carbonyl (C=O) groups excluding carboxylic acids is 3. The van der Waals surface area contributed by atoms with Gasteiger partial charge in [0.2, 0.25) is 11.8 Å². The topological polar surface area (TPSA) is 127 Å². The molecule has 0 radical (unpaired) electrons. The molecule has 1 heterocycles. The zero-order chi connectivity index (χ0) is 17.3. The molecule has 2 amide bonds. The van der Waals surface area contributed by atoms with Gasteiger partial charge >= 0.3 is 11.9 Å². The van der Waals surface area contributed by atoms with E-state index in [1.165, 1.54) is 6.92 Å². The van der Waals surface area contributed by atoms with E-state index in [1.54, 1.807) is 20.8 Å². The third-order valence-electron chi connectivity index (χ3n) is 3.25. The first-order chi connectivity index (χ1) is 9.88. The Labute approximate surface area is 128 Å². The van der Waals surface area contributed by atoms with Crippen LogP contribution in [0, 0.1) is 5.92 Å². The number of carbonyl (C=O) groups is 4. The number of ether oxygens (including phenoxy) is 1. The minimum Gasteiger partial charge on any atom is -0.478 e. The number of carboxylic acids is 1. The van der Waals surface area contributed by atoms with Crippen molar-refractivity contribution in [2.45, 2.75) is 58.2 Å². The van der Waals surface area contributed by atoms with Crippen LogP contribution in [0.25, 0.3) is 0 Å². The molecule has 124 valence electrons. The van der Waals surface area contributed by atoms with Crippen molar-refractivity contribution in [1.29, 1.82) is 0 Å². The molecular weight excluding hydrogens is 292 g/mol. The summed E-state index contributed by atoms with van der Waals surface area (Å²) in [4.78, 5) is 47.6. The number of hydrogen-bond donors (Lipinski definition) is 2. The van der Waals surface area contributed by atoms with Gasteiger partial charge in [0.15, 0.2) is 5.66 Å². The molecule has 0 aromatic rings. The van der Waals surface area contributed by atoms with E-state index in [4.69, 9.17) is 10.5 Å². The van der Waals surface area contributed by atoms with Crippen LogP contribution in [-0.2, 0) is 23.9 Å². The smallest absolute Gasteiger partial charge is 0.345 e. The third-order valence-corrected chi connectivity index (χ3v) is 3.25. The van der Waals surface area contributed by atoms with Gasteiger partial charge in [-0.25, -0.2) is 4.79 Å². The Balaban J connectivity index is 2.97. The first kappa shape index (κ1) is 18.1. The van der Waals surface area contributed by atoms with Crippen molar-refractivity contribution >= 4 is 23.8 Å². The van der Waals surface area contributed by atoms with Crippen molar-refractivity contribution in [3.63, 3.8) is 0 Å². The number of imide groups is 1. The molecule has 0 aliphatic carbocycles. The molecule has 1 saturated heterocycles. The quantitative estimate of drug-likeness (QED) is 0.549. The third kappa shape index (κ3) is 3.82. The van der Waals surface area contributed by atoms with Crippen LogP contribution < -0.4 is 5.73 Å². The molecule has 2 atom stereocenters. The van der Waals surface area contributed by atoms with Gasteiger partial charge in [0, 0.05) is 19.3 Å². The number of hydrogen-bond acceptors (Lipinski definition) is 6. The minimum absolute atomic E-state index is 0.0775. The molecule has 0 saturated carbocycles. The molecule has 1 fully saturated rings. The lowest BCUT2D eigenvalue weighted by atomic mass is 9.94. The van der Waals surface area contributed by atoms with Gasteiger partial charge in [-0.15, -0.1) is 0 Å². The Bertz CT molecular complexity index is 494. The van der Waals surface area contributed by atoms with E-state index in [-0.39, 0.29) is 12.8 Å². The van der Waals surface area contributed by atoms with Crippen molar-refractivity contribution in [2.75, 3.05) is 0 Å². The van der Waals surface area contributed by atoms with E-state index in [0.29, 0.717) is 4.90 Å². The zero-order valence-electron chi connectivity index (χ0n) is 13.2. The van der Waals surface area contributed by atoms with E-state index in [1.807, 2.05) is 0 Å². The number of amides is 2. The summed E-state index contributed by atoms with van der Waals surface area (Å²) >= 11 is 0. The second-order valence-electron chi connectivity index (χ2n) is 6.49. The van der Waals surface area contributed by atoms with E-state index in [2.05, 4.69) is 0 Å². The van der Waals surface area contributed by atoms with Gasteiger partial charge in [0.1, 0.15) is 5.60 Å². The monoisotopic (exact) mass is 314 g/mol. The van der Waals surface area contributed by atoms with E-state index >= 15 is 0 Å². The minimum atomic E-state index is -2.25. The van der Waals surface area contributed by atoms with Crippen LogP contribution in [0.5, 0.6) is 0 Å². The second-order valence-corrected chi connectivity index (χ2v) is 6.49. The van der Waals surface area contributed by atoms with E-state index in [0.717, 1.165) is 0 Å². The highest BCUT2D eigenvalue weighted by Gasteiger charge is 2.50. The number of rotatable bonds is 5. The number of esters is 1. The van der Waals surface area contributed by atoms with Gasteiger partial charge in [-0.05, 0) is 20.8 Å². The van der Waals surface area contributed by atoms with Crippen LogP contribution in [0.1, 0.15) is 47.0 Å². The fourth-order valence-corrected chi connectivity index (χ4v) is 2.25. The number of nitrogens with zero attached hydrogens (tertiary/aromatic N) is 1. The average molecular weight is 314 g/mol. The fraction of sp³-hybridized carbons (Fsp3) is 0.714. The van der Waals surface area contributed by atoms with Crippen LogP contribution >= 0.6 is 0 Å². The Hall–Kier alpha value is -1.96. The van der Waals surface area contributed by atoms with Crippen LogP contribution in [-0.4, -0.2) is 45.0 Å². The number of nitrogens with two attached hydrogens (primary N) is 1. The zero-order valence-corrected chi connectivity index (χ0v) is 13.2. The summed E-state index contributed by atoms with van der Waals surface area (Å²) in [5.74, 6) is -4.35. The Morgan fingerprint density at radius 2 is 1.73 bits per heavy atom. The molecule has 8 nitrogen and oxygen atoms in total. The van der Waals surface area contributed by atoms with E-state index < -0.39 is 47.4 Å². The van der Waals surface area contributed by atoms with Crippen molar-refractivity contribution < 1.29 is 29.0 Å². The first-order valence-corrected chi connectivity index (χ1v) is 6.99. The lowest BCUT2D eigenvalue weighted by Gasteiger charge is -2.35. The molecule has 0 aromatic carbocycles. The van der Waals surface area contributed by atoms with E-state index in [9.17, 15) is 24.3 Å². The van der Waals surface area contributed by atoms with Gasteiger partial charge in [-0.3, -0.25) is 25.0 Å². The lowest BCUT2D eigenvalue weighted by Crippen LogP contribution is -2.64. The maximum atomic E-state index is 12.0. The SMILES string of the molecule is CC(CC(N)(C(=O)O)N1C(=O)CCC1=O)C(=O)OC(C)(C)C. The lowest BCUT2D eigenvalue weighted by molar-refractivity contribution is -0.169. The van der Waals surface area contributed by atoms with Crippen LogP contribution in [0.3, 0.4) is 0 Å². The predicted octanol–water partition coefficient (Wildman–Crippen LogP) is 0.243. The molecule has 1 aliphatic rings. The molecule has 22 heavy (non-hydrogen) atoms. The number of likely N-dealkylation sites (tertiary alicyclic amines) is 1. The molecule has 2 unspecified atom stereocenters. The van der Waals surface area contributed by atoms with Crippen molar-refractivity contribution in [2.24, 2.45) is 11.7 Å². The average Bonchev–Trinajstić information content (AvgIpc) is 2.66. The summed E-state index contributed by atoms with van der Waals surface area (Å²) in [6, 6.07) is 0. The Kier molecular flexibility index (Phi) is 4.96. The van der Waals surface area contributed by atoms with Gasteiger partial charge in [-0.1, -0.05) is 6.92 Å². The van der Waals surface area contributed by atoms with Crippen molar-refractivity contribution in [3.8, 4) is 0 Å². The van der Waals surface area contributed by atoms with Crippen LogP contribution in [0.4, 0.5) is 0 Å². The molecule has 0 aromatic heterocycles. The summed E-state index contributed by atoms with van der Waals surface area (Å²) in [5, 5.41) is 9.37. The molecule has 3 N–H and O–H groups in total. The largest absolute Gasteiger partial charge is 0.478 e. The highest BCUT2D eigenvalue weighted by Crippen LogP contribution is 2.27. The Morgan fingerprint density at radius 3 is 2.09 bits per heavy atom. The van der Waals surface area contributed by atoms with Crippen LogP contribution in [0.15, 0.2) is 0 Å². The van der Waals surface area contributed by atoms with Gasteiger partial charge < -0.3 is 9.84 Å². The summed E-state index contributed by atoms with van der Waals surface area (Å²) in [7, 11) is 0. The molecule has 1 rings (SSSR count). The van der Waals surface area contributed by atoms with Crippen molar-refractivity contribution in [1.82, 2.24) is 4.90 Å². The maximum absolute atomic E-state index is 12.0. The first-order valence-electron chi connectivity index (χ1n) is 6.99. The normalized spacial score (nSPS) is 19.8. The molecule has 0 spiro atoms. The maximum Gasteiger partial charge on any atom is 0.345 e. The van der Waals surface area contributed by atoms with Crippen LogP contribution in [0.2, 0.25) is 0 Å². The van der Waals surface area contributed by atoms with Gasteiger partial charge in [-0.2, -0.15) is 0 Å². The highest BCUT2D eigenvalue weighted by molar-refractivity contribution is 6.06. The number of carboxylic acid groups (broad SMARTS) is 1. The second kappa shape index (κ2) is 6.04. The standard InChI is InChI=1S/C14H22N2O6/c1-8(11(19)22-13(2,3)4)7-14(15,12(20)21)16-9(17)5-6-10(16)18/h8H,5-7,15H2,1-4H3,(H,20,21). The molecule has 0 bridgehead atoms. The predicted molar refractivity (Wildman–Crippen MR) is 75.3 cm³/mol. The summed E-state index contributed by atoms with van der Waals surface area (Å²) < 4.78 is 5.17. The summed E-state index contributed by atoms with van der Waals surface area (Å²) in [5.41, 5.74) is 2.83. The highest BCUT2D eigenvalue weighted by atomic mass is 16.6. The fourth-order valence-electron chi connectivity index (χ4n) is 2.25. The molecular formula is C14H22N2O6.